The molecule has 2 aromatic heterocycles. The largest absolute Gasteiger partial charge is 0.460 e. The number of hydrogen-bond acceptors (Lipinski definition) is 5. The summed E-state index contributed by atoms with van der Waals surface area (Å²) in [6, 6.07) is 15.0. The number of nitrogens with zero attached hydrogens (tertiary/aromatic N) is 4. The van der Waals surface area contributed by atoms with E-state index >= 15 is 0 Å². The fourth-order valence-corrected chi connectivity index (χ4v) is 4.55. The lowest BCUT2D eigenvalue weighted by molar-refractivity contribution is 0.170. The minimum Gasteiger partial charge on any atom is -0.460 e. The van der Waals surface area contributed by atoms with Crippen molar-refractivity contribution in [1.29, 1.82) is 0 Å². The van der Waals surface area contributed by atoms with Crippen molar-refractivity contribution >= 4 is 0 Å². The highest BCUT2D eigenvalue weighted by Crippen LogP contribution is 2.28. The molecule has 152 valence electrons. The number of para-hydroxylation sites is 1. The van der Waals surface area contributed by atoms with Gasteiger partial charge >= 0.3 is 0 Å². The van der Waals surface area contributed by atoms with E-state index in [-0.39, 0.29) is 0 Å². The summed E-state index contributed by atoms with van der Waals surface area (Å²) in [4.78, 5) is 5.22. The number of aromatic nitrogens is 2. The van der Waals surface area contributed by atoms with Crippen LogP contribution in [-0.2, 0) is 6.54 Å². The third kappa shape index (κ3) is 4.01. The van der Waals surface area contributed by atoms with Crippen LogP contribution < -0.4 is 5.32 Å². The van der Waals surface area contributed by atoms with E-state index in [2.05, 4.69) is 33.4 Å². The van der Waals surface area contributed by atoms with Crippen molar-refractivity contribution in [2.45, 2.75) is 25.9 Å². The molecule has 0 spiro atoms. The average molecular weight is 392 g/mol. The summed E-state index contributed by atoms with van der Waals surface area (Å²) < 4.78 is 7.91. The van der Waals surface area contributed by atoms with Crippen LogP contribution in [0.4, 0.5) is 0 Å². The second-order valence-electron chi connectivity index (χ2n) is 8.16. The molecule has 29 heavy (non-hydrogen) atoms. The van der Waals surface area contributed by atoms with E-state index in [9.17, 15) is 0 Å². The molecule has 3 aromatic rings. The van der Waals surface area contributed by atoms with Gasteiger partial charge in [0.2, 0.25) is 0 Å². The molecule has 1 atom stereocenters. The van der Waals surface area contributed by atoms with Gasteiger partial charge in [0, 0.05) is 63.6 Å². The van der Waals surface area contributed by atoms with Crippen molar-refractivity contribution in [3.8, 4) is 17.1 Å². The number of rotatable bonds is 5. The quantitative estimate of drug-likeness (QED) is 0.725. The van der Waals surface area contributed by atoms with Gasteiger partial charge in [-0.25, -0.2) is 4.68 Å². The van der Waals surface area contributed by atoms with Gasteiger partial charge in [-0.3, -0.25) is 9.80 Å². The predicted octanol–water partition coefficient (Wildman–Crippen LogP) is 2.92. The van der Waals surface area contributed by atoms with E-state index in [1.165, 1.54) is 25.1 Å². The first-order valence-corrected chi connectivity index (χ1v) is 10.6. The van der Waals surface area contributed by atoms with Crippen molar-refractivity contribution in [3.05, 3.63) is 60.0 Å². The first-order valence-electron chi connectivity index (χ1n) is 10.6. The summed E-state index contributed by atoms with van der Waals surface area (Å²) in [6.07, 6.45) is 3.42. The van der Waals surface area contributed by atoms with Crippen LogP contribution in [0.3, 0.4) is 0 Å². The summed E-state index contributed by atoms with van der Waals surface area (Å²) in [5.41, 5.74) is 3.25. The Hall–Kier alpha value is -2.41. The lowest BCUT2D eigenvalue weighted by Gasteiger charge is -2.32. The Bertz CT molecular complexity index is 941. The molecule has 0 amide bonds. The molecule has 2 fully saturated rings. The molecular formula is C23H29N5O. The predicted molar refractivity (Wildman–Crippen MR) is 114 cm³/mol. The van der Waals surface area contributed by atoms with E-state index in [1.54, 1.807) is 0 Å². The van der Waals surface area contributed by atoms with Crippen molar-refractivity contribution < 1.29 is 4.42 Å². The molecule has 6 nitrogen and oxygen atoms in total. The third-order valence-corrected chi connectivity index (χ3v) is 6.09. The molecule has 2 aliphatic heterocycles. The van der Waals surface area contributed by atoms with E-state index in [4.69, 9.17) is 9.52 Å². The van der Waals surface area contributed by atoms with Crippen molar-refractivity contribution in [1.82, 2.24) is 24.9 Å². The molecule has 0 radical (unpaired) electrons. The van der Waals surface area contributed by atoms with E-state index in [1.807, 2.05) is 41.9 Å². The molecule has 2 saturated heterocycles. The number of piperazine rings is 1. The molecule has 2 aliphatic rings. The molecule has 6 heteroatoms. The summed E-state index contributed by atoms with van der Waals surface area (Å²) >= 11 is 0. The zero-order valence-corrected chi connectivity index (χ0v) is 17.1. The van der Waals surface area contributed by atoms with Gasteiger partial charge in [-0.2, -0.15) is 5.10 Å². The summed E-state index contributed by atoms with van der Waals surface area (Å²) in [5, 5.41) is 8.35. The lowest BCUT2D eigenvalue weighted by Crippen LogP contribution is -2.49. The number of nitrogens with one attached hydrogen (secondary N) is 1. The monoisotopic (exact) mass is 391 g/mol. The standard InChI is InChI=1S/C23H29N5O/c1-18-7-8-22(29-18)23-19(16-28(25-23)20-5-3-2-4-6-20)15-26-12-9-21(17-26)27-13-10-24-11-14-27/h2-8,16,21,24H,9-15,17H2,1H3. The molecule has 5 rings (SSSR count). The smallest absolute Gasteiger partial charge is 0.154 e. The summed E-state index contributed by atoms with van der Waals surface area (Å²) in [7, 11) is 0. The molecule has 1 unspecified atom stereocenters. The van der Waals surface area contributed by atoms with Crippen LogP contribution >= 0.6 is 0 Å². The average Bonchev–Trinajstić information content (AvgIpc) is 3.50. The van der Waals surface area contributed by atoms with Crippen LogP contribution in [0.5, 0.6) is 0 Å². The van der Waals surface area contributed by atoms with Crippen LogP contribution in [0.1, 0.15) is 17.7 Å². The van der Waals surface area contributed by atoms with Gasteiger partial charge in [0.15, 0.2) is 5.76 Å². The highest BCUT2D eigenvalue weighted by Gasteiger charge is 2.29. The Kier molecular flexibility index (Phi) is 5.23. The van der Waals surface area contributed by atoms with Crippen LogP contribution in [0, 0.1) is 6.92 Å². The molecule has 4 heterocycles. The van der Waals surface area contributed by atoms with Crippen LogP contribution in [0.15, 0.2) is 53.1 Å². The molecule has 1 aromatic carbocycles. The van der Waals surface area contributed by atoms with Crippen molar-refractivity contribution in [2.75, 3.05) is 39.3 Å². The minimum absolute atomic E-state index is 0.676. The van der Waals surface area contributed by atoms with Crippen molar-refractivity contribution in [3.63, 3.8) is 0 Å². The minimum atomic E-state index is 0.676. The second-order valence-corrected chi connectivity index (χ2v) is 8.16. The lowest BCUT2D eigenvalue weighted by atomic mass is 10.2. The van der Waals surface area contributed by atoms with Crippen molar-refractivity contribution in [2.24, 2.45) is 0 Å². The number of aryl methyl sites for hydroxylation is 1. The Morgan fingerprint density at radius 2 is 1.90 bits per heavy atom. The van der Waals surface area contributed by atoms with E-state index < -0.39 is 0 Å². The van der Waals surface area contributed by atoms with Gasteiger partial charge < -0.3 is 9.73 Å². The van der Waals surface area contributed by atoms with Gasteiger partial charge in [-0.05, 0) is 37.6 Å². The van der Waals surface area contributed by atoms with E-state index in [0.29, 0.717) is 6.04 Å². The van der Waals surface area contributed by atoms with Gasteiger partial charge in [0.25, 0.3) is 0 Å². The Morgan fingerprint density at radius 3 is 2.66 bits per heavy atom. The van der Waals surface area contributed by atoms with Crippen LogP contribution in [0.2, 0.25) is 0 Å². The van der Waals surface area contributed by atoms with Crippen LogP contribution in [0.25, 0.3) is 17.1 Å². The van der Waals surface area contributed by atoms with Crippen LogP contribution in [-0.4, -0.2) is 64.9 Å². The number of benzene rings is 1. The zero-order chi connectivity index (χ0) is 19.6. The van der Waals surface area contributed by atoms with Gasteiger partial charge in [0.05, 0.1) is 5.69 Å². The fraction of sp³-hybridized carbons (Fsp3) is 0.435. The van der Waals surface area contributed by atoms with Gasteiger partial charge in [-0.15, -0.1) is 0 Å². The molecular weight excluding hydrogens is 362 g/mol. The molecule has 1 N–H and O–H groups in total. The number of hydrogen-bond donors (Lipinski definition) is 1. The Balaban J connectivity index is 1.38. The highest BCUT2D eigenvalue weighted by atomic mass is 16.3. The fourth-order valence-electron chi connectivity index (χ4n) is 4.55. The first-order chi connectivity index (χ1) is 14.3. The maximum atomic E-state index is 5.93. The zero-order valence-electron chi connectivity index (χ0n) is 17.1. The second kappa shape index (κ2) is 8.14. The van der Waals surface area contributed by atoms with Gasteiger partial charge in [-0.1, -0.05) is 18.2 Å². The Morgan fingerprint density at radius 1 is 1.07 bits per heavy atom. The SMILES string of the molecule is Cc1ccc(-c2nn(-c3ccccc3)cc2CN2CCC(N3CCNCC3)C2)o1. The maximum absolute atomic E-state index is 5.93. The summed E-state index contributed by atoms with van der Waals surface area (Å²) in [6.45, 7) is 9.72. The topological polar surface area (TPSA) is 49.5 Å². The summed E-state index contributed by atoms with van der Waals surface area (Å²) in [5.74, 6) is 1.77. The highest BCUT2D eigenvalue weighted by molar-refractivity contribution is 5.58. The Labute approximate surface area is 172 Å². The number of likely N-dealkylation sites (tertiary alicyclic amines) is 1. The first kappa shape index (κ1) is 18.6. The van der Waals surface area contributed by atoms with E-state index in [0.717, 1.165) is 55.6 Å². The normalized spacial score (nSPS) is 21.1. The third-order valence-electron chi connectivity index (χ3n) is 6.09. The van der Waals surface area contributed by atoms with Gasteiger partial charge in [0.1, 0.15) is 11.5 Å². The number of furan rings is 1. The molecule has 0 saturated carbocycles. The molecule has 0 bridgehead atoms. The molecule has 0 aliphatic carbocycles. The maximum Gasteiger partial charge on any atom is 0.154 e.